The van der Waals surface area contributed by atoms with Gasteiger partial charge in [-0.2, -0.15) is 5.26 Å². The molecule has 0 saturated carbocycles. The van der Waals surface area contributed by atoms with Gasteiger partial charge in [0, 0.05) is 5.39 Å². The van der Waals surface area contributed by atoms with E-state index in [0.29, 0.717) is 5.39 Å². The second-order valence-electron chi connectivity index (χ2n) is 2.74. The number of benzene rings is 1. The molecule has 0 aliphatic carbocycles. The zero-order valence-corrected chi connectivity index (χ0v) is 7.72. The summed E-state index contributed by atoms with van der Waals surface area (Å²) in [4.78, 5) is 3.82. The summed E-state index contributed by atoms with van der Waals surface area (Å²) in [7, 11) is 0. The molecular formula is C10H4ClFN2. The van der Waals surface area contributed by atoms with Crippen LogP contribution in [0.5, 0.6) is 0 Å². The summed E-state index contributed by atoms with van der Waals surface area (Å²) >= 11 is 5.63. The van der Waals surface area contributed by atoms with Crippen LogP contribution in [0, 0.1) is 17.1 Å². The molecule has 0 unspecified atom stereocenters. The highest BCUT2D eigenvalue weighted by atomic mass is 35.5. The first-order valence-electron chi connectivity index (χ1n) is 3.87. The Morgan fingerprint density at radius 2 is 2.00 bits per heavy atom. The van der Waals surface area contributed by atoms with E-state index in [4.69, 9.17) is 16.9 Å². The van der Waals surface area contributed by atoms with Crippen molar-refractivity contribution in [3.8, 4) is 6.07 Å². The lowest BCUT2D eigenvalue weighted by Gasteiger charge is -1.99. The molecule has 0 spiro atoms. The number of hydrogen-bond acceptors (Lipinski definition) is 2. The Morgan fingerprint density at radius 3 is 2.71 bits per heavy atom. The van der Waals surface area contributed by atoms with E-state index in [1.807, 2.05) is 0 Å². The predicted molar refractivity (Wildman–Crippen MR) is 51.4 cm³/mol. The SMILES string of the molecule is N#Cc1ccc2ccc(Cl)nc2c1F. The minimum absolute atomic E-state index is 0.0210. The van der Waals surface area contributed by atoms with Gasteiger partial charge < -0.3 is 0 Å². The van der Waals surface area contributed by atoms with E-state index in [1.54, 1.807) is 24.3 Å². The van der Waals surface area contributed by atoms with Gasteiger partial charge in [-0.1, -0.05) is 17.7 Å². The predicted octanol–water partition coefficient (Wildman–Crippen LogP) is 2.90. The van der Waals surface area contributed by atoms with Gasteiger partial charge >= 0.3 is 0 Å². The molecule has 2 aromatic rings. The van der Waals surface area contributed by atoms with Crippen LogP contribution in [-0.4, -0.2) is 4.98 Å². The minimum atomic E-state index is -0.618. The number of hydrogen-bond donors (Lipinski definition) is 0. The van der Waals surface area contributed by atoms with Gasteiger partial charge in [0.05, 0.1) is 5.56 Å². The highest BCUT2D eigenvalue weighted by Gasteiger charge is 2.08. The lowest BCUT2D eigenvalue weighted by Crippen LogP contribution is -1.89. The van der Waals surface area contributed by atoms with Crippen molar-refractivity contribution < 1.29 is 4.39 Å². The lowest BCUT2D eigenvalue weighted by molar-refractivity contribution is 0.633. The van der Waals surface area contributed by atoms with Crippen molar-refractivity contribution >= 4 is 22.5 Å². The number of rotatable bonds is 0. The summed E-state index contributed by atoms with van der Waals surface area (Å²) in [5, 5.41) is 9.44. The van der Waals surface area contributed by atoms with Crippen molar-refractivity contribution in [2.45, 2.75) is 0 Å². The molecule has 0 N–H and O–H groups in total. The zero-order chi connectivity index (χ0) is 10.1. The van der Waals surface area contributed by atoms with Crippen molar-refractivity contribution in [2.24, 2.45) is 0 Å². The fourth-order valence-electron chi connectivity index (χ4n) is 1.22. The third kappa shape index (κ3) is 1.30. The highest BCUT2D eigenvalue weighted by molar-refractivity contribution is 6.29. The van der Waals surface area contributed by atoms with Crippen LogP contribution in [0.1, 0.15) is 5.56 Å². The van der Waals surface area contributed by atoms with E-state index in [0.717, 1.165) is 0 Å². The van der Waals surface area contributed by atoms with Crippen molar-refractivity contribution in [3.63, 3.8) is 0 Å². The normalized spacial score (nSPS) is 10.1. The van der Waals surface area contributed by atoms with Crippen molar-refractivity contribution in [1.29, 1.82) is 5.26 Å². The van der Waals surface area contributed by atoms with Crippen LogP contribution in [0.25, 0.3) is 10.9 Å². The smallest absolute Gasteiger partial charge is 0.167 e. The first-order chi connectivity index (χ1) is 6.72. The maximum atomic E-state index is 13.5. The minimum Gasteiger partial charge on any atom is -0.233 e. The topological polar surface area (TPSA) is 36.7 Å². The van der Waals surface area contributed by atoms with E-state index in [2.05, 4.69) is 4.98 Å². The third-order valence-corrected chi connectivity index (χ3v) is 2.10. The summed E-state index contributed by atoms with van der Waals surface area (Å²) in [6.45, 7) is 0. The van der Waals surface area contributed by atoms with Gasteiger partial charge in [0.2, 0.25) is 0 Å². The van der Waals surface area contributed by atoms with Crippen LogP contribution >= 0.6 is 11.6 Å². The Balaban J connectivity index is 2.88. The molecule has 1 aromatic heterocycles. The molecule has 14 heavy (non-hydrogen) atoms. The van der Waals surface area contributed by atoms with Gasteiger partial charge in [-0.25, -0.2) is 9.37 Å². The molecule has 0 saturated heterocycles. The largest absolute Gasteiger partial charge is 0.233 e. The van der Waals surface area contributed by atoms with Gasteiger partial charge in [-0.15, -0.1) is 0 Å². The molecule has 0 aliphatic rings. The fraction of sp³-hybridized carbons (Fsp3) is 0. The molecule has 68 valence electrons. The van der Waals surface area contributed by atoms with Crippen LogP contribution in [0.4, 0.5) is 4.39 Å². The van der Waals surface area contributed by atoms with Crippen LogP contribution in [0.3, 0.4) is 0 Å². The van der Waals surface area contributed by atoms with Crippen molar-refractivity contribution in [1.82, 2.24) is 4.98 Å². The van der Waals surface area contributed by atoms with Crippen LogP contribution in [0.15, 0.2) is 24.3 Å². The Kier molecular flexibility index (Phi) is 2.06. The first-order valence-corrected chi connectivity index (χ1v) is 4.25. The molecule has 2 rings (SSSR count). The summed E-state index contributed by atoms with van der Waals surface area (Å²) in [6.07, 6.45) is 0. The molecule has 1 heterocycles. The molecule has 0 atom stereocenters. The first kappa shape index (κ1) is 8.92. The maximum Gasteiger partial charge on any atom is 0.167 e. The standard InChI is InChI=1S/C10H4ClFN2/c11-8-4-3-6-1-2-7(5-13)9(12)10(6)14-8/h1-4H. The number of halogens is 2. The summed E-state index contributed by atoms with van der Waals surface area (Å²) in [5.74, 6) is -0.618. The quantitative estimate of drug-likeness (QED) is 0.622. The molecule has 0 fully saturated rings. The second-order valence-corrected chi connectivity index (χ2v) is 3.13. The molecule has 4 heteroatoms. The van der Waals surface area contributed by atoms with Crippen LogP contribution < -0.4 is 0 Å². The van der Waals surface area contributed by atoms with Gasteiger partial charge in [0.1, 0.15) is 16.7 Å². The average Bonchev–Trinajstić information content (AvgIpc) is 2.20. The molecular weight excluding hydrogens is 203 g/mol. The maximum absolute atomic E-state index is 13.5. The van der Waals surface area contributed by atoms with Crippen LogP contribution in [0.2, 0.25) is 5.15 Å². The lowest BCUT2D eigenvalue weighted by atomic mass is 10.1. The molecule has 0 aliphatic heterocycles. The van der Waals surface area contributed by atoms with E-state index < -0.39 is 5.82 Å². The van der Waals surface area contributed by atoms with Gasteiger partial charge in [-0.05, 0) is 18.2 Å². The number of nitriles is 1. The van der Waals surface area contributed by atoms with E-state index in [9.17, 15) is 4.39 Å². The zero-order valence-electron chi connectivity index (χ0n) is 6.96. The van der Waals surface area contributed by atoms with E-state index >= 15 is 0 Å². The van der Waals surface area contributed by atoms with Crippen molar-refractivity contribution in [2.75, 3.05) is 0 Å². The molecule has 0 radical (unpaired) electrons. The van der Waals surface area contributed by atoms with Crippen molar-refractivity contribution in [3.05, 3.63) is 40.8 Å². The van der Waals surface area contributed by atoms with Gasteiger partial charge in [0.15, 0.2) is 5.82 Å². The molecule has 0 amide bonds. The number of pyridine rings is 1. The molecule has 1 aromatic carbocycles. The summed E-state index contributed by atoms with van der Waals surface area (Å²) < 4.78 is 13.5. The Morgan fingerprint density at radius 1 is 1.29 bits per heavy atom. The Labute approximate surface area is 84.6 Å². The monoisotopic (exact) mass is 206 g/mol. The molecule has 0 bridgehead atoms. The average molecular weight is 207 g/mol. The summed E-state index contributed by atoms with van der Waals surface area (Å²) in [6, 6.07) is 8.05. The Hall–Kier alpha value is -1.66. The van der Waals surface area contributed by atoms with E-state index in [-0.39, 0.29) is 16.2 Å². The van der Waals surface area contributed by atoms with Gasteiger partial charge in [-0.3, -0.25) is 0 Å². The number of nitrogens with zero attached hydrogens (tertiary/aromatic N) is 2. The fourth-order valence-corrected chi connectivity index (χ4v) is 1.36. The van der Waals surface area contributed by atoms with Gasteiger partial charge in [0.25, 0.3) is 0 Å². The highest BCUT2D eigenvalue weighted by Crippen LogP contribution is 2.20. The summed E-state index contributed by atoms with van der Waals surface area (Å²) in [5.41, 5.74) is 0.115. The Bertz CT molecular complexity index is 546. The molecule has 2 nitrogen and oxygen atoms in total. The number of aromatic nitrogens is 1. The van der Waals surface area contributed by atoms with Crippen LogP contribution in [-0.2, 0) is 0 Å². The third-order valence-electron chi connectivity index (χ3n) is 1.89. The number of fused-ring (bicyclic) bond motifs is 1. The van der Waals surface area contributed by atoms with E-state index in [1.165, 1.54) is 6.07 Å². The second kappa shape index (κ2) is 3.24.